The van der Waals surface area contributed by atoms with Gasteiger partial charge in [-0.3, -0.25) is 0 Å². The SMILES string of the molecule is O=C(O)c1scnc1CN1CCc2ccccc21. The number of carbonyl (C=O) groups is 1. The van der Waals surface area contributed by atoms with Crippen LogP contribution < -0.4 is 4.90 Å². The molecule has 0 unspecified atom stereocenters. The van der Waals surface area contributed by atoms with E-state index >= 15 is 0 Å². The molecular formula is C13H12N2O2S. The van der Waals surface area contributed by atoms with E-state index in [0.29, 0.717) is 17.1 Å². The number of hydrogen-bond donors (Lipinski definition) is 1. The smallest absolute Gasteiger partial charge is 0.347 e. The zero-order chi connectivity index (χ0) is 12.5. The van der Waals surface area contributed by atoms with Crippen molar-refractivity contribution in [3.05, 3.63) is 45.9 Å². The average molecular weight is 260 g/mol. The number of benzene rings is 1. The largest absolute Gasteiger partial charge is 0.477 e. The number of carboxylic acid groups (broad SMARTS) is 1. The standard InChI is InChI=1S/C13H12N2O2S/c16-13(17)12-10(14-8-18-12)7-15-6-5-9-3-1-2-4-11(9)15/h1-4,8H,5-7H2,(H,16,17). The molecule has 0 bridgehead atoms. The monoisotopic (exact) mass is 260 g/mol. The summed E-state index contributed by atoms with van der Waals surface area (Å²) in [6.45, 7) is 1.50. The van der Waals surface area contributed by atoms with Crippen LogP contribution in [-0.2, 0) is 13.0 Å². The van der Waals surface area contributed by atoms with Crippen LogP contribution in [0, 0.1) is 0 Å². The summed E-state index contributed by atoms with van der Waals surface area (Å²) in [5.74, 6) is -0.889. The number of anilines is 1. The molecule has 0 spiro atoms. The maximum atomic E-state index is 11.1. The molecule has 92 valence electrons. The second-order valence-corrected chi connectivity index (χ2v) is 5.09. The minimum Gasteiger partial charge on any atom is -0.477 e. The highest BCUT2D eigenvalue weighted by Gasteiger charge is 2.22. The van der Waals surface area contributed by atoms with E-state index in [1.165, 1.54) is 22.6 Å². The molecule has 0 saturated heterocycles. The summed E-state index contributed by atoms with van der Waals surface area (Å²) in [7, 11) is 0. The van der Waals surface area contributed by atoms with Crippen LogP contribution in [0.3, 0.4) is 0 Å². The molecule has 1 aliphatic rings. The van der Waals surface area contributed by atoms with Crippen molar-refractivity contribution < 1.29 is 9.90 Å². The van der Waals surface area contributed by atoms with Crippen LogP contribution in [0.4, 0.5) is 5.69 Å². The van der Waals surface area contributed by atoms with E-state index in [1.807, 2.05) is 12.1 Å². The van der Waals surface area contributed by atoms with E-state index in [2.05, 4.69) is 22.0 Å². The second kappa shape index (κ2) is 4.42. The fourth-order valence-electron chi connectivity index (χ4n) is 2.31. The summed E-state index contributed by atoms with van der Waals surface area (Å²) in [5, 5.41) is 9.08. The number of para-hydroxylation sites is 1. The molecule has 5 heteroatoms. The highest BCUT2D eigenvalue weighted by atomic mass is 32.1. The fraction of sp³-hybridized carbons (Fsp3) is 0.231. The van der Waals surface area contributed by atoms with Crippen molar-refractivity contribution in [1.29, 1.82) is 0 Å². The first-order chi connectivity index (χ1) is 8.75. The van der Waals surface area contributed by atoms with Gasteiger partial charge in [-0.15, -0.1) is 11.3 Å². The van der Waals surface area contributed by atoms with E-state index in [4.69, 9.17) is 5.11 Å². The van der Waals surface area contributed by atoms with Gasteiger partial charge in [0.05, 0.1) is 17.7 Å². The van der Waals surface area contributed by atoms with Crippen LogP contribution in [0.25, 0.3) is 0 Å². The number of aromatic nitrogens is 1. The zero-order valence-electron chi connectivity index (χ0n) is 9.67. The van der Waals surface area contributed by atoms with Crippen LogP contribution in [0.1, 0.15) is 20.9 Å². The van der Waals surface area contributed by atoms with Crippen LogP contribution >= 0.6 is 11.3 Å². The normalized spacial score (nSPS) is 13.7. The number of carboxylic acids is 1. The number of hydrogen-bond acceptors (Lipinski definition) is 4. The van der Waals surface area contributed by atoms with Gasteiger partial charge in [0, 0.05) is 12.2 Å². The number of aromatic carboxylic acids is 1. The quantitative estimate of drug-likeness (QED) is 0.920. The van der Waals surface area contributed by atoms with Crippen LogP contribution in [0.2, 0.25) is 0 Å². The topological polar surface area (TPSA) is 53.4 Å². The van der Waals surface area contributed by atoms with Crippen molar-refractivity contribution in [3.8, 4) is 0 Å². The summed E-state index contributed by atoms with van der Waals surface area (Å²) < 4.78 is 0. The molecule has 18 heavy (non-hydrogen) atoms. The molecule has 0 radical (unpaired) electrons. The third kappa shape index (κ3) is 1.86. The zero-order valence-corrected chi connectivity index (χ0v) is 10.5. The lowest BCUT2D eigenvalue weighted by Crippen LogP contribution is -2.21. The van der Waals surface area contributed by atoms with E-state index in [9.17, 15) is 4.79 Å². The molecule has 0 saturated carbocycles. The summed E-state index contributed by atoms with van der Waals surface area (Å²) >= 11 is 1.18. The molecule has 1 N–H and O–H groups in total. The molecule has 0 aliphatic carbocycles. The molecule has 1 aromatic heterocycles. The van der Waals surface area contributed by atoms with Gasteiger partial charge in [-0.1, -0.05) is 18.2 Å². The Kier molecular flexibility index (Phi) is 2.76. The van der Waals surface area contributed by atoms with Crippen molar-refractivity contribution in [2.45, 2.75) is 13.0 Å². The van der Waals surface area contributed by atoms with E-state index in [0.717, 1.165) is 13.0 Å². The Morgan fingerprint density at radius 2 is 2.28 bits per heavy atom. The molecule has 1 aliphatic heterocycles. The van der Waals surface area contributed by atoms with Gasteiger partial charge >= 0.3 is 5.97 Å². The first-order valence-corrected chi connectivity index (χ1v) is 6.62. The molecular weight excluding hydrogens is 248 g/mol. The van der Waals surface area contributed by atoms with Gasteiger partial charge in [0.2, 0.25) is 0 Å². The maximum absolute atomic E-state index is 11.1. The van der Waals surface area contributed by atoms with E-state index < -0.39 is 5.97 Å². The maximum Gasteiger partial charge on any atom is 0.347 e. The fourth-order valence-corrected chi connectivity index (χ4v) is 2.95. The second-order valence-electron chi connectivity index (χ2n) is 4.23. The highest BCUT2D eigenvalue weighted by molar-refractivity contribution is 7.11. The van der Waals surface area contributed by atoms with Crippen molar-refractivity contribution in [3.63, 3.8) is 0 Å². The summed E-state index contributed by atoms with van der Waals surface area (Å²) in [6, 6.07) is 8.24. The Balaban J connectivity index is 1.86. The summed E-state index contributed by atoms with van der Waals surface area (Å²) in [5.41, 5.74) is 4.77. The lowest BCUT2D eigenvalue weighted by molar-refractivity contribution is 0.0700. The third-order valence-corrected chi connectivity index (χ3v) is 4.02. The molecule has 1 aromatic carbocycles. The predicted octanol–water partition coefficient (Wildman–Crippen LogP) is 2.40. The first-order valence-electron chi connectivity index (χ1n) is 5.74. The molecule has 0 fully saturated rings. The number of nitrogens with zero attached hydrogens (tertiary/aromatic N) is 2. The van der Waals surface area contributed by atoms with Gasteiger partial charge in [0.25, 0.3) is 0 Å². The highest BCUT2D eigenvalue weighted by Crippen LogP contribution is 2.29. The Bertz CT molecular complexity index is 594. The number of thiazole rings is 1. The first kappa shape index (κ1) is 11.2. The minimum atomic E-state index is -0.889. The Morgan fingerprint density at radius 3 is 3.11 bits per heavy atom. The third-order valence-electron chi connectivity index (χ3n) is 3.16. The Morgan fingerprint density at radius 1 is 1.44 bits per heavy atom. The molecule has 0 atom stereocenters. The molecule has 4 nitrogen and oxygen atoms in total. The van der Waals surface area contributed by atoms with E-state index in [1.54, 1.807) is 5.51 Å². The number of rotatable bonds is 3. The lowest BCUT2D eigenvalue weighted by Gasteiger charge is -2.18. The summed E-state index contributed by atoms with van der Waals surface area (Å²) in [4.78, 5) is 17.8. The summed E-state index contributed by atoms with van der Waals surface area (Å²) in [6.07, 6.45) is 1.02. The molecule has 2 aromatic rings. The van der Waals surface area contributed by atoms with Gasteiger partial charge in [-0.05, 0) is 18.1 Å². The van der Waals surface area contributed by atoms with Crippen LogP contribution in [-0.4, -0.2) is 22.6 Å². The van der Waals surface area contributed by atoms with Gasteiger partial charge in [-0.25, -0.2) is 9.78 Å². The van der Waals surface area contributed by atoms with Crippen LogP contribution in [0.5, 0.6) is 0 Å². The van der Waals surface area contributed by atoms with Gasteiger partial charge in [0.1, 0.15) is 4.88 Å². The van der Waals surface area contributed by atoms with Crippen molar-refractivity contribution >= 4 is 23.0 Å². The number of fused-ring (bicyclic) bond motifs is 1. The van der Waals surface area contributed by atoms with Gasteiger partial charge in [0.15, 0.2) is 0 Å². The van der Waals surface area contributed by atoms with E-state index in [-0.39, 0.29) is 0 Å². The van der Waals surface area contributed by atoms with Crippen molar-refractivity contribution in [1.82, 2.24) is 4.98 Å². The molecule has 0 amide bonds. The van der Waals surface area contributed by atoms with Crippen molar-refractivity contribution in [2.75, 3.05) is 11.4 Å². The van der Waals surface area contributed by atoms with Gasteiger partial charge in [-0.2, -0.15) is 0 Å². The van der Waals surface area contributed by atoms with Gasteiger partial charge < -0.3 is 10.0 Å². The molecule has 3 rings (SSSR count). The van der Waals surface area contributed by atoms with Crippen LogP contribution in [0.15, 0.2) is 29.8 Å². The molecule has 2 heterocycles. The van der Waals surface area contributed by atoms with Crippen molar-refractivity contribution in [2.24, 2.45) is 0 Å². The Hall–Kier alpha value is -1.88. The predicted molar refractivity (Wildman–Crippen MR) is 70.3 cm³/mol. The lowest BCUT2D eigenvalue weighted by atomic mass is 10.2. The Labute approximate surface area is 109 Å². The minimum absolute atomic E-state index is 0.347. The average Bonchev–Trinajstić information content (AvgIpc) is 2.97.